The van der Waals surface area contributed by atoms with Crippen LogP contribution in [0.25, 0.3) is 6.08 Å². The molecular weight excluding hydrogens is 208 g/mol. The number of allylic oxidation sites excluding steroid dienone is 1. The van der Waals surface area contributed by atoms with Crippen LogP contribution in [-0.2, 0) is 11.2 Å². The maximum Gasteiger partial charge on any atom is 0.157 e. The average Bonchev–Trinajstić information content (AvgIpc) is 2.26. The minimum Gasteiger partial charge on any atom is -0.295 e. The van der Waals surface area contributed by atoms with Gasteiger partial charge < -0.3 is 0 Å². The van der Waals surface area contributed by atoms with E-state index in [4.69, 9.17) is 11.6 Å². The molecule has 0 heterocycles. The number of hydrogen-bond donors (Lipinski definition) is 0. The Hall–Kier alpha value is -1.08. The molecule has 0 bridgehead atoms. The highest BCUT2D eigenvalue weighted by molar-refractivity contribution is 6.23. The fourth-order valence-electron chi connectivity index (χ4n) is 1.29. The van der Waals surface area contributed by atoms with Crippen LogP contribution in [0.4, 0.5) is 0 Å². The SMILES string of the molecule is CCc1ccc(/C=C(/CCl)C(C)=O)cc1. The smallest absolute Gasteiger partial charge is 0.157 e. The van der Waals surface area contributed by atoms with Crippen molar-refractivity contribution in [3.63, 3.8) is 0 Å². The van der Waals surface area contributed by atoms with Crippen LogP contribution >= 0.6 is 11.6 Å². The lowest BCUT2D eigenvalue weighted by Crippen LogP contribution is -1.97. The summed E-state index contributed by atoms with van der Waals surface area (Å²) in [4.78, 5) is 11.1. The monoisotopic (exact) mass is 222 g/mol. The molecule has 1 nitrogen and oxygen atoms in total. The van der Waals surface area contributed by atoms with E-state index < -0.39 is 0 Å². The van der Waals surface area contributed by atoms with Gasteiger partial charge in [0.05, 0.1) is 5.88 Å². The molecule has 0 spiro atoms. The van der Waals surface area contributed by atoms with E-state index >= 15 is 0 Å². The van der Waals surface area contributed by atoms with Crippen molar-refractivity contribution in [1.82, 2.24) is 0 Å². The lowest BCUT2D eigenvalue weighted by Gasteiger charge is -2.00. The summed E-state index contributed by atoms with van der Waals surface area (Å²) in [5.41, 5.74) is 2.97. The summed E-state index contributed by atoms with van der Waals surface area (Å²) in [6, 6.07) is 8.15. The predicted octanol–water partition coefficient (Wildman–Crippen LogP) is 3.46. The van der Waals surface area contributed by atoms with Crippen LogP contribution in [0.5, 0.6) is 0 Å². The second-order valence-corrected chi connectivity index (χ2v) is 3.72. The van der Waals surface area contributed by atoms with E-state index in [0.29, 0.717) is 5.57 Å². The number of hydrogen-bond acceptors (Lipinski definition) is 1. The molecular formula is C13H15ClO. The number of alkyl halides is 1. The molecule has 0 aliphatic heterocycles. The van der Waals surface area contributed by atoms with E-state index in [1.807, 2.05) is 18.2 Å². The number of ketones is 1. The van der Waals surface area contributed by atoms with Crippen molar-refractivity contribution < 1.29 is 4.79 Å². The zero-order valence-electron chi connectivity index (χ0n) is 9.09. The van der Waals surface area contributed by atoms with Crippen LogP contribution in [0.2, 0.25) is 0 Å². The van der Waals surface area contributed by atoms with E-state index in [0.717, 1.165) is 12.0 Å². The molecule has 15 heavy (non-hydrogen) atoms. The maximum atomic E-state index is 11.1. The largest absolute Gasteiger partial charge is 0.295 e. The molecule has 0 saturated heterocycles. The van der Waals surface area contributed by atoms with Crippen molar-refractivity contribution in [1.29, 1.82) is 0 Å². The van der Waals surface area contributed by atoms with Crippen molar-refractivity contribution in [2.45, 2.75) is 20.3 Å². The Labute approximate surface area is 95.8 Å². The molecule has 0 amide bonds. The lowest BCUT2D eigenvalue weighted by molar-refractivity contribution is -0.113. The molecule has 0 aliphatic rings. The van der Waals surface area contributed by atoms with E-state index in [2.05, 4.69) is 19.1 Å². The van der Waals surface area contributed by atoms with Gasteiger partial charge in [0.25, 0.3) is 0 Å². The molecule has 0 unspecified atom stereocenters. The van der Waals surface area contributed by atoms with Crippen LogP contribution in [0.1, 0.15) is 25.0 Å². The molecule has 0 aliphatic carbocycles. The summed E-state index contributed by atoms with van der Waals surface area (Å²) >= 11 is 5.68. The van der Waals surface area contributed by atoms with E-state index in [-0.39, 0.29) is 11.7 Å². The van der Waals surface area contributed by atoms with Crippen LogP contribution in [-0.4, -0.2) is 11.7 Å². The first-order valence-electron chi connectivity index (χ1n) is 5.03. The van der Waals surface area contributed by atoms with Crippen molar-refractivity contribution in [2.75, 3.05) is 5.88 Å². The van der Waals surface area contributed by atoms with Gasteiger partial charge in [0, 0.05) is 5.57 Å². The van der Waals surface area contributed by atoms with Crippen molar-refractivity contribution in [3.8, 4) is 0 Å². The van der Waals surface area contributed by atoms with Crippen LogP contribution in [0.15, 0.2) is 29.8 Å². The predicted molar refractivity (Wildman–Crippen MR) is 65.2 cm³/mol. The Morgan fingerprint density at radius 2 is 1.93 bits per heavy atom. The molecule has 0 fully saturated rings. The second-order valence-electron chi connectivity index (χ2n) is 3.45. The van der Waals surface area contributed by atoms with Gasteiger partial charge in [-0.25, -0.2) is 0 Å². The first kappa shape index (κ1) is 12.0. The fourth-order valence-corrected chi connectivity index (χ4v) is 1.55. The van der Waals surface area contributed by atoms with Gasteiger partial charge in [0.15, 0.2) is 5.78 Å². The molecule has 0 N–H and O–H groups in total. The summed E-state index contributed by atoms with van der Waals surface area (Å²) < 4.78 is 0. The van der Waals surface area contributed by atoms with Crippen LogP contribution in [0.3, 0.4) is 0 Å². The van der Waals surface area contributed by atoms with Gasteiger partial charge in [0.1, 0.15) is 0 Å². The van der Waals surface area contributed by atoms with Gasteiger partial charge >= 0.3 is 0 Å². The third-order valence-corrected chi connectivity index (χ3v) is 2.61. The first-order valence-corrected chi connectivity index (χ1v) is 5.57. The topological polar surface area (TPSA) is 17.1 Å². The summed E-state index contributed by atoms with van der Waals surface area (Å²) in [6.45, 7) is 3.65. The Morgan fingerprint density at radius 1 is 1.33 bits per heavy atom. The standard InChI is InChI=1S/C13H15ClO/c1-3-11-4-6-12(7-5-11)8-13(9-14)10(2)15/h4-8H,3,9H2,1-2H3/b13-8-. The Kier molecular flexibility index (Phi) is 4.57. The van der Waals surface area contributed by atoms with Gasteiger partial charge in [-0.05, 0) is 30.5 Å². The maximum absolute atomic E-state index is 11.1. The highest BCUT2D eigenvalue weighted by Gasteiger charge is 2.01. The number of carbonyl (C=O) groups excluding carboxylic acids is 1. The van der Waals surface area contributed by atoms with Crippen molar-refractivity contribution in [2.24, 2.45) is 0 Å². The van der Waals surface area contributed by atoms with Gasteiger partial charge in [-0.3, -0.25) is 4.79 Å². The summed E-state index contributed by atoms with van der Waals surface area (Å²) in [5, 5.41) is 0. The summed E-state index contributed by atoms with van der Waals surface area (Å²) in [5.74, 6) is 0.301. The number of Topliss-reactive ketones (excluding diaryl/α,β-unsaturated/α-hetero) is 1. The zero-order chi connectivity index (χ0) is 11.3. The summed E-state index contributed by atoms with van der Waals surface area (Å²) in [7, 11) is 0. The summed E-state index contributed by atoms with van der Waals surface area (Å²) in [6.07, 6.45) is 2.87. The number of aryl methyl sites for hydroxylation is 1. The molecule has 0 atom stereocenters. The Morgan fingerprint density at radius 3 is 2.33 bits per heavy atom. The van der Waals surface area contributed by atoms with Crippen molar-refractivity contribution in [3.05, 3.63) is 41.0 Å². The zero-order valence-corrected chi connectivity index (χ0v) is 9.84. The van der Waals surface area contributed by atoms with Crippen LogP contribution < -0.4 is 0 Å². The van der Waals surface area contributed by atoms with E-state index in [1.165, 1.54) is 12.5 Å². The number of benzene rings is 1. The molecule has 1 aromatic rings. The Balaban J connectivity index is 2.92. The third kappa shape index (κ3) is 3.52. The highest BCUT2D eigenvalue weighted by atomic mass is 35.5. The molecule has 0 aromatic heterocycles. The second kappa shape index (κ2) is 5.72. The van der Waals surface area contributed by atoms with Gasteiger partial charge in [-0.2, -0.15) is 0 Å². The molecule has 1 aromatic carbocycles. The van der Waals surface area contributed by atoms with Gasteiger partial charge in [0.2, 0.25) is 0 Å². The number of halogens is 1. The Bertz CT molecular complexity index is 363. The average molecular weight is 223 g/mol. The molecule has 80 valence electrons. The normalized spacial score (nSPS) is 11.5. The van der Waals surface area contributed by atoms with E-state index in [9.17, 15) is 4.79 Å². The van der Waals surface area contributed by atoms with Crippen molar-refractivity contribution >= 4 is 23.5 Å². The molecule has 2 heteroatoms. The minimum atomic E-state index is 0.0320. The molecule has 1 rings (SSSR count). The quantitative estimate of drug-likeness (QED) is 0.563. The van der Waals surface area contributed by atoms with Gasteiger partial charge in [-0.1, -0.05) is 31.2 Å². The highest BCUT2D eigenvalue weighted by Crippen LogP contribution is 2.11. The lowest BCUT2D eigenvalue weighted by atomic mass is 10.1. The minimum absolute atomic E-state index is 0.0320. The third-order valence-electron chi connectivity index (χ3n) is 2.33. The molecule has 0 radical (unpaired) electrons. The van der Waals surface area contributed by atoms with Gasteiger partial charge in [-0.15, -0.1) is 11.6 Å². The number of rotatable bonds is 4. The molecule has 0 saturated carbocycles. The fraction of sp³-hybridized carbons (Fsp3) is 0.308. The van der Waals surface area contributed by atoms with E-state index in [1.54, 1.807) is 0 Å². The number of carbonyl (C=O) groups is 1. The first-order chi connectivity index (χ1) is 7.17. The van der Waals surface area contributed by atoms with Crippen LogP contribution in [0, 0.1) is 0 Å².